The second kappa shape index (κ2) is 8.99. The highest BCUT2D eigenvalue weighted by Gasteiger charge is 2.39. The Kier molecular flexibility index (Phi) is 6.15. The van der Waals surface area contributed by atoms with E-state index < -0.39 is 21.9 Å². The fourth-order valence-corrected chi connectivity index (χ4v) is 5.49. The van der Waals surface area contributed by atoms with Gasteiger partial charge in [0.1, 0.15) is 11.9 Å². The van der Waals surface area contributed by atoms with Gasteiger partial charge in [0, 0.05) is 13.1 Å². The summed E-state index contributed by atoms with van der Waals surface area (Å²) in [4.78, 5) is 12.8. The molecule has 0 saturated carbocycles. The lowest BCUT2D eigenvalue weighted by Crippen LogP contribution is -2.45. The van der Waals surface area contributed by atoms with Gasteiger partial charge in [-0.3, -0.25) is 4.79 Å². The van der Waals surface area contributed by atoms with Crippen LogP contribution in [0.25, 0.3) is 11.1 Å². The molecular weight excluding hydrogens is 415 g/mol. The van der Waals surface area contributed by atoms with Crippen LogP contribution in [0.3, 0.4) is 0 Å². The summed E-state index contributed by atoms with van der Waals surface area (Å²) in [5, 5.41) is 2.88. The summed E-state index contributed by atoms with van der Waals surface area (Å²) in [6, 6.07) is 21.7. The van der Waals surface area contributed by atoms with Crippen LogP contribution in [0.1, 0.15) is 18.4 Å². The van der Waals surface area contributed by atoms with Crippen molar-refractivity contribution in [2.24, 2.45) is 0 Å². The van der Waals surface area contributed by atoms with Crippen LogP contribution in [-0.4, -0.2) is 31.2 Å². The Labute approximate surface area is 181 Å². The molecule has 0 unspecified atom stereocenters. The van der Waals surface area contributed by atoms with Crippen molar-refractivity contribution in [3.05, 3.63) is 90.2 Å². The average Bonchev–Trinajstić information content (AvgIpc) is 3.30. The average molecular weight is 439 g/mol. The van der Waals surface area contributed by atoms with Crippen molar-refractivity contribution in [3.63, 3.8) is 0 Å². The van der Waals surface area contributed by atoms with E-state index in [4.69, 9.17) is 0 Å². The minimum atomic E-state index is -3.87. The molecule has 1 aliphatic rings. The highest BCUT2D eigenvalue weighted by Crippen LogP contribution is 2.26. The van der Waals surface area contributed by atoms with E-state index >= 15 is 0 Å². The molecule has 1 saturated heterocycles. The number of carbonyl (C=O) groups excluding carboxylic acids is 1. The molecule has 5 nitrogen and oxygen atoms in total. The summed E-state index contributed by atoms with van der Waals surface area (Å²) < 4.78 is 40.3. The van der Waals surface area contributed by atoms with E-state index in [0.717, 1.165) is 28.8 Å². The van der Waals surface area contributed by atoms with Crippen LogP contribution in [0.2, 0.25) is 0 Å². The molecule has 0 radical (unpaired) electrons. The molecule has 3 aromatic carbocycles. The summed E-state index contributed by atoms with van der Waals surface area (Å²) in [6.07, 6.45) is 1.05. The fraction of sp³-hybridized carbons (Fsp3) is 0.208. The number of carbonyl (C=O) groups is 1. The molecule has 1 N–H and O–H groups in total. The molecule has 1 fully saturated rings. The monoisotopic (exact) mass is 438 g/mol. The zero-order chi connectivity index (χ0) is 21.8. The zero-order valence-corrected chi connectivity index (χ0v) is 17.7. The quantitative estimate of drug-likeness (QED) is 0.634. The topological polar surface area (TPSA) is 66.5 Å². The molecule has 4 rings (SSSR count). The lowest BCUT2D eigenvalue weighted by atomic mass is 10.0. The number of hydrogen-bond donors (Lipinski definition) is 1. The Hall–Kier alpha value is -3.03. The maximum absolute atomic E-state index is 13.2. The number of benzene rings is 3. The standard InChI is InChI=1S/C24H23FN2O3S/c25-21-11-13-22(14-12-21)31(29,30)27-15-5-10-23(27)24(28)26-17-18-6-4-9-20(16-18)19-7-2-1-3-8-19/h1-4,6-9,11-14,16,23H,5,10,15,17H2,(H,26,28)/t23-/m0/s1. The van der Waals surface area contributed by atoms with Gasteiger partial charge in [0.15, 0.2) is 0 Å². The number of amides is 1. The predicted molar refractivity (Wildman–Crippen MR) is 117 cm³/mol. The van der Waals surface area contributed by atoms with Crippen LogP contribution in [0.4, 0.5) is 4.39 Å². The minimum absolute atomic E-state index is 0.0100. The molecule has 0 bridgehead atoms. The Morgan fingerprint density at radius 2 is 1.68 bits per heavy atom. The summed E-state index contributed by atoms with van der Waals surface area (Å²) in [7, 11) is -3.87. The number of halogens is 1. The summed E-state index contributed by atoms with van der Waals surface area (Å²) >= 11 is 0. The van der Waals surface area contributed by atoms with Crippen molar-refractivity contribution in [3.8, 4) is 11.1 Å². The van der Waals surface area contributed by atoms with E-state index in [-0.39, 0.29) is 17.3 Å². The molecule has 160 valence electrons. The second-order valence-electron chi connectivity index (χ2n) is 7.51. The van der Waals surface area contributed by atoms with Gasteiger partial charge in [-0.2, -0.15) is 4.31 Å². The maximum atomic E-state index is 13.2. The molecule has 1 aliphatic heterocycles. The van der Waals surface area contributed by atoms with E-state index in [0.29, 0.717) is 19.4 Å². The van der Waals surface area contributed by atoms with Crippen LogP contribution in [0, 0.1) is 5.82 Å². The molecular formula is C24H23FN2O3S. The van der Waals surface area contributed by atoms with Gasteiger partial charge in [-0.1, -0.05) is 48.5 Å². The Balaban J connectivity index is 1.45. The Morgan fingerprint density at radius 1 is 0.968 bits per heavy atom. The normalized spacial score (nSPS) is 16.9. The molecule has 0 aliphatic carbocycles. The van der Waals surface area contributed by atoms with Crippen LogP contribution < -0.4 is 5.32 Å². The van der Waals surface area contributed by atoms with Gasteiger partial charge in [-0.05, 0) is 59.9 Å². The van der Waals surface area contributed by atoms with Crippen LogP contribution >= 0.6 is 0 Å². The van der Waals surface area contributed by atoms with Gasteiger partial charge >= 0.3 is 0 Å². The first-order valence-corrected chi connectivity index (χ1v) is 11.6. The number of sulfonamides is 1. The maximum Gasteiger partial charge on any atom is 0.243 e. The third kappa shape index (κ3) is 4.68. The Bertz CT molecular complexity index is 1160. The van der Waals surface area contributed by atoms with Gasteiger partial charge in [0.2, 0.25) is 15.9 Å². The molecule has 7 heteroatoms. The van der Waals surface area contributed by atoms with E-state index in [2.05, 4.69) is 5.32 Å². The third-order valence-electron chi connectivity index (χ3n) is 5.43. The number of rotatable bonds is 6. The van der Waals surface area contributed by atoms with Crippen LogP contribution in [-0.2, 0) is 21.4 Å². The smallest absolute Gasteiger partial charge is 0.243 e. The largest absolute Gasteiger partial charge is 0.351 e. The van der Waals surface area contributed by atoms with Crippen molar-refractivity contribution in [1.82, 2.24) is 9.62 Å². The molecule has 3 aromatic rings. The highest BCUT2D eigenvalue weighted by atomic mass is 32.2. The molecule has 31 heavy (non-hydrogen) atoms. The first-order valence-electron chi connectivity index (χ1n) is 10.1. The third-order valence-corrected chi connectivity index (χ3v) is 7.35. The van der Waals surface area contributed by atoms with Gasteiger partial charge < -0.3 is 5.32 Å². The first kappa shape index (κ1) is 21.2. The van der Waals surface area contributed by atoms with Crippen molar-refractivity contribution in [2.45, 2.75) is 30.3 Å². The first-order chi connectivity index (χ1) is 14.9. The molecule has 1 heterocycles. The van der Waals surface area contributed by atoms with Crippen molar-refractivity contribution < 1.29 is 17.6 Å². The zero-order valence-electron chi connectivity index (χ0n) is 16.9. The van der Waals surface area contributed by atoms with E-state index in [1.807, 2.05) is 54.6 Å². The SMILES string of the molecule is O=C(NCc1cccc(-c2ccccc2)c1)[C@@H]1CCCN1S(=O)(=O)c1ccc(F)cc1. The lowest BCUT2D eigenvalue weighted by molar-refractivity contribution is -0.124. The van der Waals surface area contributed by atoms with Crippen molar-refractivity contribution in [2.75, 3.05) is 6.54 Å². The molecule has 1 amide bonds. The van der Waals surface area contributed by atoms with Gasteiger partial charge in [-0.15, -0.1) is 0 Å². The lowest BCUT2D eigenvalue weighted by Gasteiger charge is -2.23. The van der Waals surface area contributed by atoms with Gasteiger partial charge in [0.25, 0.3) is 0 Å². The number of nitrogens with zero attached hydrogens (tertiary/aromatic N) is 1. The molecule has 1 atom stereocenters. The van der Waals surface area contributed by atoms with Crippen LogP contribution in [0.5, 0.6) is 0 Å². The fourth-order valence-electron chi connectivity index (χ4n) is 3.83. The number of hydrogen-bond acceptors (Lipinski definition) is 3. The molecule has 0 spiro atoms. The highest BCUT2D eigenvalue weighted by molar-refractivity contribution is 7.89. The van der Waals surface area contributed by atoms with Crippen molar-refractivity contribution in [1.29, 1.82) is 0 Å². The molecule has 0 aromatic heterocycles. The minimum Gasteiger partial charge on any atom is -0.351 e. The van der Waals surface area contributed by atoms with Gasteiger partial charge in [0.05, 0.1) is 4.90 Å². The van der Waals surface area contributed by atoms with Crippen LogP contribution in [0.15, 0.2) is 83.8 Å². The second-order valence-corrected chi connectivity index (χ2v) is 9.40. The Morgan fingerprint density at radius 3 is 2.42 bits per heavy atom. The number of nitrogens with one attached hydrogen (secondary N) is 1. The summed E-state index contributed by atoms with van der Waals surface area (Å²) in [5.74, 6) is -0.833. The predicted octanol–water partition coefficient (Wildman–Crippen LogP) is 3.96. The van der Waals surface area contributed by atoms with E-state index in [1.54, 1.807) is 0 Å². The van der Waals surface area contributed by atoms with E-state index in [9.17, 15) is 17.6 Å². The summed E-state index contributed by atoms with van der Waals surface area (Å²) in [6.45, 7) is 0.571. The van der Waals surface area contributed by atoms with Gasteiger partial charge in [-0.25, -0.2) is 12.8 Å². The summed E-state index contributed by atoms with van der Waals surface area (Å²) in [5.41, 5.74) is 3.07. The van der Waals surface area contributed by atoms with Crippen molar-refractivity contribution >= 4 is 15.9 Å². The van der Waals surface area contributed by atoms with E-state index in [1.165, 1.54) is 16.4 Å².